The van der Waals surface area contributed by atoms with Gasteiger partial charge in [-0.3, -0.25) is 10.1 Å². The van der Waals surface area contributed by atoms with Gasteiger partial charge < -0.3 is 0 Å². The summed E-state index contributed by atoms with van der Waals surface area (Å²) in [6.07, 6.45) is -3.77. The molecule has 0 aliphatic heterocycles. The monoisotopic (exact) mass is 364 g/mol. The minimum absolute atomic E-state index is 0.0304. The van der Waals surface area contributed by atoms with E-state index in [9.17, 15) is 18.0 Å². The van der Waals surface area contributed by atoms with Gasteiger partial charge in [-0.2, -0.15) is 18.4 Å². The zero-order valence-electron chi connectivity index (χ0n) is 12.8. The van der Waals surface area contributed by atoms with E-state index in [0.29, 0.717) is 6.07 Å². The third kappa shape index (κ3) is 3.17. The van der Waals surface area contributed by atoms with Gasteiger partial charge in [0.25, 0.3) is 11.7 Å². The normalized spacial score (nSPS) is 11.2. The highest BCUT2D eigenvalue weighted by atomic mass is 19.4. The first-order valence-corrected chi connectivity index (χ1v) is 6.73. The van der Waals surface area contributed by atoms with Gasteiger partial charge in [-0.1, -0.05) is 5.10 Å². The number of tetrazole rings is 1. The lowest BCUT2D eigenvalue weighted by Crippen LogP contribution is -2.20. The molecule has 3 heterocycles. The van der Waals surface area contributed by atoms with Crippen molar-refractivity contribution in [2.24, 2.45) is 7.05 Å². The number of carbonyl (C=O) groups excluding carboxylic acids is 1. The number of pyridine rings is 1. The second-order valence-electron chi connectivity index (χ2n) is 4.77. The number of aryl methyl sites for hydroxylation is 1. The number of nitriles is 1. The smallest absolute Gasteiger partial charge is 0.289 e. The van der Waals surface area contributed by atoms with Crippen molar-refractivity contribution >= 4 is 11.9 Å². The summed E-state index contributed by atoms with van der Waals surface area (Å²) < 4.78 is 40.8. The zero-order chi connectivity index (χ0) is 18.9. The average Bonchev–Trinajstić information content (AvgIpc) is 3.23. The number of hydrogen-bond acceptors (Lipinski definition) is 8. The first-order valence-electron chi connectivity index (χ1n) is 6.73. The van der Waals surface area contributed by atoms with E-state index in [2.05, 4.69) is 35.9 Å². The molecule has 3 rings (SSSR count). The number of rotatable bonds is 3. The zero-order valence-corrected chi connectivity index (χ0v) is 12.8. The number of alkyl halides is 3. The molecule has 0 aliphatic rings. The fourth-order valence-electron chi connectivity index (χ4n) is 1.88. The Morgan fingerprint density at radius 3 is 2.69 bits per heavy atom. The molecule has 132 valence electrons. The van der Waals surface area contributed by atoms with Crippen LogP contribution in [0, 0.1) is 11.3 Å². The molecule has 0 atom stereocenters. The molecule has 0 aliphatic carbocycles. The minimum Gasteiger partial charge on any atom is -0.289 e. The largest absolute Gasteiger partial charge is 0.433 e. The topological polar surface area (TPSA) is 140 Å². The first-order chi connectivity index (χ1) is 12.3. The maximum Gasteiger partial charge on any atom is 0.433 e. The number of hydrogen-bond donors (Lipinski definition) is 1. The fourth-order valence-corrected chi connectivity index (χ4v) is 1.88. The average molecular weight is 364 g/mol. The van der Waals surface area contributed by atoms with Crippen LogP contribution in [0.4, 0.5) is 19.1 Å². The maximum absolute atomic E-state index is 13.0. The Kier molecular flexibility index (Phi) is 4.04. The molecule has 3 aromatic rings. The molecule has 1 amide bonds. The lowest BCUT2D eigenvalue weighted by molar-refractivity contribution is -0.141. The summed E-state index contributed by atoms with van der Waals surface area (Å²) in [6.45, 7) is 0. The molecule has 0 fully saturated rings. The Morgan fingerprint density at radius 1 is 1.35 bits per heavy atom. The van der Waals surface area contributed by atoms with E-state index in [-0.39, 0.29) is 17.3 Å². The highest BCUT2D eigenvalue weighted by molar-refractivity contribution is 6.05. The molecule has 0 spiro atoms. The third-order valence-electron chi connectivity index (χ3n) is 3.06. The molecule has 11 nitrogen and oxygen atoms in total. The molecule has 1 N–H and O–H groups in total. The SMILES string of the molecule is Cn1nnnc1NC(=O)c1ccc(C(F)(F)F)nc1-n1cnc(C#N)n1. The number of amides is 1. The molecule has 3 aromatic heterocycles. The van der Waals surface area contributed by atoms with Crippen LogP contribution in [0.1, 0.15) is 21.9 Å². The molecule has 0 saturated carbocycles. The van der Waals surface area contributed by atoms with Crippen LogP contribution in [0.25, 0.3) is 5.82 Å². The van der Waals surface area contributed by atoms with Crippen LogP contribution in [-0.4, -0.2) is 45.9 Å². The van der Waals surface area contributed by atoms with Crippen molar-refractivity contribution in [1.82, 2.24) is 40.0 Å². The van der Waals surface area contributed by atoms with Crippen LogP contribution in [0.3, 0.4) is 0 Å². The molecule has 0 saturated heterocycles. The molecule has 0 unspecified atom stereocenters. The molecule has 0 radical (unpaired) electrons. The second kappa shape index (κ2) is 6.20. The molecule has 0 aromatic carbocycles. The van der Waals surface area contributed by atoms with Crippen molar-refractivity contribution in [3.8, 4) is 11.9 Å². The van der Waals surface area contributed by atoms with E-state index >= 15 is 0 Å². The van der Waals surface area contributed by atoms with E-state index in [4.69, 9.17) is 5.26 Å². The Balaban J connectivity index is 2.07. The fraction of sp³-hybridized carbons (Fsp3) is 0.167. The van der Waals surface area contributed by atoms with Crippen molar-refractivity contribution in [1.29, 1.82) is 5.26 Å². The van der Waals surface area contributed by atoms with Gasteiger partial charge in [0.1, 0.15) is 18.1 Å². The van der Waals surface area contributed by atoms with Crippen molar-refractivity contribution < 1.29 is 18.0 Å². The van der Waals surface area contributed by atoms with Gasteiger partial charge in [0.05, 0.1) is 5.56 Å². The van der Waals surface area contributed by atoms with Gasteiger partial charge in [0, 0.05) is 7.05 Å². The lowest BCUT2D eigenvalue weighted by Gasteiger charge is -2.11. The van der Waals surface area contributed by atoms with Crippen molar-refractivity contribution in [2.75, 3.05) is 5.32 Å². The van der Waals surface area contributed by atoms with Gasteiger partial charge in [0.2, 0.25) is 5.95 Å². The van der Waals surface area contributed by atoms with Crippen LogP contribution in [0.5, 0.6) is 0 Å². The Bertz CT molecular complexity index is 1010. The number of carbonyl (C=O) groups is 1. The summed E-state index contributed by atoms with van der Waals surface area (Å²) in [7, 11) is 1.46. The van der Waals surface area contributed by atoms with Crippen LogP contribution < -0.4 is 5.32 Å². The van der Waals surface area contributed by atoms with Gasteiger partial charge in [0.15, 0.2) is 5.82 Å². The van der Waals surface area contributed by atoms with E-state index < -0.39 is 23.6 Å². The van der Waals surface area contributed by atoms with Crippen LogP contribution in [0.15, 0.2) is 18.5 Å². The van der Waals surface area contributed by atoms with Crippen LogP contribution in [0.2, 0.25) is 0 Å². The number of nitrogens with zero attached hydrogens (tertiary/aromatic N) is 9. The molecular formula is C12H7F3N10O. The summed E-state index contributed by atoms with van der Waals surface area (Å²) in [5.74, 6) is -1.61. The summed E-state index contributed by atoms with van der Waals surface area (Å²) in [5.41, 5.74) is -1.49. The predicted octanol–water partition coefficient (Wildman–Crippen LogP) is 0.329. The quantitative estimate of drug-likeness (QED) is 0.701. The molecule has 14 heteroatoms. The van der Waals surface area contributed by atoms with Crippen molar-refractivity contribution in [3.63, 3.8) is 0 Å². The molecule has 0 bridgehead atoms. The lowest BCUT2D eigenvalue weighted by atomic mass is 10.2. The molecule has 26 heavy (non-hydrogen) atoms. The predicted molar refractivity (Wildman–Crippen MR) is 75.6 cm³/mol. The Hall–Kier alpha value is -3.89. The Labute approximate surface area is 142 Å². The highest BCUT2D eigenvalue weighted by Crippen LogP contribution is 2.29. The Morgan fingerprint density at radius 2 is 2.12 bits per heavy atom. The number of halogens is 3. The van der Waals surface area contributed by atoms with Gasteiger partial charge in [-0.25, -0.2) is 19.3 Å². The highest BCUT2D eigenvalue weighted by Gasteiger charge is 2.34. The first kappa shape index (κ1) is 17.0. The number of nitrogens with one attached hydrogen (secondary N) is 1. The summed E-state index contributed by atoms with van der Waals surface area (Å²) in [6, 6.07) is 3.21. The van der Waals surface area contributed by atoms with E-state index in [0.717, 1.165) is 21.8 Å². The van der Waals surface area contributed by atoms with E-state index in [1.807, 2.05) is 0 Å². The van der Waals surface area contributed by atoms with Crippen LogP contribution in [-0.2, 0) is 13.2 Å². The second-order valence-corrected chi connectivity index (χ2v) is 4.77. The van der Waals surface area contributed by atoms with Crippen molar-refractivity contribution in [2.45, 2.75) is 6.18 Å². The maximum atomic E-state index is 13.0. The van der Waals surface area contributed by atoms with Gasteiger partial charge in [-0.15, -0.1) is 5.10 Å². The van der Waals surface area contributed by atoms with Gasteiger partial charge >= 0.3 is 6.18 Å². The van der Waals surface area contributed by atoms with E-state index in [1.54, 1.807) is 6.07 Å². The summed E-state index contributed by atoms with van der Waals surface area (Å²) in [4.78, 5) is 19.5. The summed E-state index contributed by atoms with van der Waals surface area (Å²) in [5, 5.41) is 25.2. The minimum atomic E-state index is -4.74. The van der Waals surface area contributed by atoms with E-state index in [1.165, 1.54) is 7.05 Å². The number of anilines is 1. The van der Waals surface area contributed by atoms with Crippen molar-refractivity contribution in [3.05, 3.63) is 35.5 Å². The van der Waals surface area contributed by atoms with Gasteiger partial charge in [-0.05, 0) is 22.6 Å². The summed E-state index contributed by atoms with van der Waals surface area (Å²) >= 11 is 0. The molecular weight excluding hydrogens is 357 g/mol. The standard InChI is InChI=1S/C12H7F3N10O/c1-24-11(20-22-23-24)19-10(26)6-2-3-7(12(13,14)15)18-9(6)25-5-17-8(4-16)21-25/h2-3,5H,1H3,(H,19,20,23,26). The number of aromatic nitrogens is 8. The third-order valence-corrected chi connectivity index (χ3v) is 3.06. The van der Waals surface area contributed by atoms with Crippen LogP contribution >= 0.6 is 0 Å².